The lowest BCUT2D eigenvalue weighted by Crippen LogP contribution is -2.24. The van der Waals surface area contributed by atoms with Crippen molar-refractivity contribution in [1.29, 1.82) is 0 Å². The molecule has 0 heterocycles. The van der Waals surface area contributed by atoms with Gasteiger partial charge >= 0.3 is 0 Å². The number of rotatable bonds is 28. The molecule has 0 fully saturated rings. The van der Waals surface area contributed by atoms with E-state index >= 15 is 0 Å². The highest BCUT2D eigenvalue weighted by Gasteiger charge is 2.30. The van der Waals surface area contributed by atoms with Crippen molar-refractivity contribution in [3.8, 4) is 66.8 Å². The fourth-order valence-corrected chi connectivity index (χ4v) is 20.1. The van der Waals surface area contributed by atoms with Gasteiger partial charge in [0.2, 0.25) is 0 Å². The van der Waals surface area contributed by atoms with Crippen molar-refractivity contribution in [3.05, 3.63) is 426 Å². The Hall–Kier alpha value is -11.2. The molecule has 0 amide bonds. The largest absolute Gasteiger partial charge is 0.375 e. The van der Waals surface area contributed by atoms with E-state index in [1.807, 2.05) is 0 Å². The van der Waals surface area contributed by atoms with Crippen LogP contribution in [0.1, 0.15) is 273 Å². The summed E-state index contributed by atoms with van der Waals surface area (Å²) in [5.74, 6) is 1.73. The molecule has 0 saturated carbocycles. The molecule has 0 bridgehead atoms. The van der Waals surface area contributed by atoms with Gasteiger partial charge in [0.05, 0.1) is 101 Å². The van der Waals surface area contributed by atoms with Crippen LogP contribution in [0.2, 0.25) is 0 Å². The summed E-state index contributed by atoms with van der Waals surface area (Å²) in [4.78, 5) is 0. The third-order valence-electron chi connectivity index (χ3n) is 30.0. The smallest absolute Gasteiger partial charge is 0.0723 e. The van der Waals surface area contributed by atoms with Gasteiger partial charge < -0.3 is 37.9 Å². The van der Waals surface area contributed by atoms with Crippen LogP contribution in [0.3, 0.4) is 0 Å². The first-order valence-corrected chi connectivity index (χ1v) is 53.6. The van der Waals surface area contributed by atoms with Crippen molar-refractivity contribution in [2.75, 3.05) is 0 Å². The third kappa shape index (κ3) is 28.1. The summed E-state index contributed by atoms with van der Waals surface area (Å²) in [6.07, 6.45) is 17.3. The molecule has 0 N–H and O–H groups in total. The molecule has 8 aliphatic carbocycles. The van der Waals surface area contributed by atoms with Crippen molar-refractivity contribution in [2.24, 2.45) is 17.8 Å². The van der Waals surface area contributed by atoms with E-state index in [4.69, 9.17) is 37.9 Å². The maximum absolute atomic E-state index is 6.06. The second-order valence-corrected chi connectivity index (χ2v) is 42.1. The minimum Gasteiger partial charge on any atom is -0.375 e. The van der Waals surface area contributed by atoms with Crippen LogP contribution >= 0.6 is 0 Å². The number of hydrogen-bond donors (Lipinski definition) is 0. The van der Waals surface area contributed by atoms with Crippen molar-refractivity contribution in [3.63, 3.8) is 0 Å². The SMILES string of the molecule is CC(C)C(C)OC1Cc2ccccc2C1.CC(C)C(C)OCc1ccc2c(c1)Cc1ccccc1-2.CC(C)C(C)OCc1cccc2c1Cc1ccccc1-2.CC(C)OCc1ccc2c(c1)Cc1ccccc1-2.CC(C)OCc1cccc2c1Cc1ccccc1-2.CCC(C)OC1Cc2ccccc2C1.CCC(C)OCc1ccc2c(c1)Cc1ccccc1-2.CCC(C)OCc1cccc2c1Cc1ccccc1-2. The number of hydrogen-bond acceptors (Lipinski definition) is 8. The highest BCUT2D eigenvalue weighted by Crippen LogP contribution is 2.45. The van der Waals surface area contributed by atoms with Crippen LogP contribution in [0.25, 0.3) is 66.8 Å². The lowest BCUT2D eigenvalue weighted by atomic mass is 10.0. The minimum absolute atomic E-state index is 0.282. The van der Waals surface area contributed by atoms with Crippen LogP contribution < -0.4 is 0 Å². The monoisotopic (exact) mass is 1910 g/mol. The van der Waals surface area contributed by atoms with Crippen LogP contribution in [0.5, 0.6) is 0 Å². The molecule has 0 aliphatic heterocycles. The van der Waals surface area contributed by atoms with Gasteiger partial charge in [-0.1, -0.05) is 366 Å². The average molecular weight is 1910 g/mol. The normalized spacial score (nSPS) is 14.5. The molecule has 0 aromatic heterocycles. The zero-order valence-electron chi connectivity index (χ0n) is 89.1. The maximum Gasteiger partial charge on any atom is 0.0723 e. The Morgan fingerprint density at radius 2 is 0.441 bits per heavy atom. The van der Waals surface area contributed by atoms with Gasteiger partial charge in [-0.05, 0) is 360 Å². The first-order chi connectivity index (χ1) is 69.3. The number of benzene rings is 14. The summed E-state index contributed by atoms with van der Waals surface area (Å²) < 4.78 is 47.1. The summed E-state index contributed by atoms with van der Waals surface area (Å²) >= 11 is 0. The van der Waals surface area contributed by atoms with E-state index in [0.717, 1.165) is 110 Å². The maximum atomic E-state index is 6.06. The second kappa shape index (κ2) is 51.5. The summed E-state index contributed by atoms with van der Waals surface area (Å²) in [7, 11) is 0. The minimum atomic E-state index is 0.282. The van der Waals surface area contributed by atoms with E-state index in [0.29, 0.717) is 79.8 Å². The van der Waals surface area contributed by atoms with Gasteiger partial charge in [-0.2, -0.15) is 0 Å². The molecule has 14 aromatic carbocycles. The number of ether oxygens (including phenoxy) is 8. The Morgan fingerprint density at radius 1 is 0.203 bits per heavy atom. The highest BCUT2D eigenvalue weighted by atomic mass is 16.5. The van der Waals surface area contributed by atoms with E-state index in [9.17, 15) is 0 Å². The molecular formula is C135H158O8. The van der Waals surface area contributed by atoms with Crippen LogP contribution in [0, 0.1) is 17.8 Å². The van der Waals surface area contributed by atoms with Gasteiger partial charge in [0, 0.05) is 0 Å². The van der Waals surface area contributed by atoms with Gasteiger partial charge in [0.15, 0.2) is 0 Å². The molecule has 0 spiro atoms. The average Bonchev–Trinajstić information content (AvgIpc) is 1.67. The molecule has 8 nitrogen and oxygen atoms in total. The van der Waals surface area contributed by atoms with Gasteiger partial charge in [0.25, 0.3) is 0 Å². The predicted octanol–water partition coefficient (Wildman–Crippen LogP) is 33.3. The Labute approximate surface area is 858 Å². The first kappa shape index (κ1) is 106. The standard InChI is InChI=1S/2C19H22O.2C18H20O.2C17H18O.C14H20O.C13H18O/c1-13(2)14(3)20-12-16-8-6-10-18-17-9-5-4-7-15(17)11-19(16)18;1-13(2)14(3)20-12-15-8-9-19-17(10-15)11-16-6-4-5-7-18(16)19;1-3-13(2)19-12-15-8-6-10-17-16-9-5-4-7-14(16)11-18(15)17;1-3-13(2)19-12-14-8-9-18-16(10-14)11-15-6-4-5-7-17(15)18;1-12(2)18-11-14-7-5-9-16-15-8-4-3-6-13(15)10-17(14)16;1-12(2)18-11-13-7-8-17-15(9-13)10-14-5-3-4-6-16(14)17;1-10(2)11(3)15-14-8-12-6-4-5-7-13(12)9-14;1-3-10(2)14-13-8-11-6-4-5-7-12(11)9-13/h2*4-10,13-14H,11-12H2,1-3H3;2*4-10,13H,3,11-12H2,1-2H3;2*3-9,12H,10-11H2,1-2H3;4-7,10-11,14H,8-9H2,1-3H3;4-7,10,13H,3,8-9H2,1-2H3. The Balaban J connectivity index is 0.000000123. The second-order valence-electron chi connectivity index (χ2n) is 42.1. The van der Waals surface area contributed by atoms with Crippen LogP contribution in [-0.2, 0) is 142 Å². The fourth-order valence-electron chi connectivity index (χ4n) is 20.1. The lowest BCUT2D eigenvalue weighted by Gasteiger charge is -2.21. The molecule has 0 saturated heterocycles. The summed E-state index contributed by atoms with van der Waals surface area (Å²) in [6.45, 7) is 45.2. The van der Waals surface area contributed by atoms with Gasteiger partial charge in [-0.3, -0.25) is 0 Å². The van der Waals surface area contributed by atoms with Crippen LogP contribution in [-0.4, -0.2) is 61.0 Å². The van der Waals surface area contributed by atoms with Gasteiger partial charge in [0.1, 0.15) is 0 Å². The van der Waals surface area contributed by atoms with Crippen molar-refractivity contribution >= 4 is 0 Å². The highest BCUT2D eigenvalue weighted by molar-refractivity contribution is 5.82. The molecule has 14 aromatic rings. The summed E-state index contributed by atoms with van der Waals surface area (Å²) in [5, 5.41) is 0. The van der Waals surface area contributed by atoms with Gasteiger partial charge in [-0.25, -0.2) is 0 Å². The number of fused-ring (bicyclic) bond motifs is 20. The molecular weight excluding hydrogens is 1750 g/mol. The molecule has 143 heavy (non-hydrogen) atoms. The molecule has 746 valence electrons. The topological polar surface area (TPSA) is 73.8 Å². The van der Waals surface area contributed by atoms with Crippen molar-refractivity contribution < 1.29 is 37.9 Å². The molecule has 8 heteroatoms. The zero-order chi connectivity index (χ0) is 101. The summed E-state index contributed by atoms with van der Waals surface area (Å²) in [5.41, 5.74) is 47.7. The van der Waals surface area contributed by atoms with Crippen molar-refractivity contribution in [2.45, 2.75) is 316 Å². The van der Waals surface area contributed by atoms with E-state index in [-0.39, 0.29) is 12.2 Å². The van der Waals surface area contributed by atoms with E-state index in [1.54, 1.807) is 0 Å². The van der Waals surface area contributed by atoms with E-state index < -0.39 is 0 Å². The molecule has 8 aliphatic rings. The predicted molar refractivity (Wildman–Crippen MR) is 597 cm³/mol. The molecule has 0 radical (unpaired) electrons. The van der Waals surface area contributed by atoms with E-state index in [1.165, 1.54) is 189 Å². The van der Waals surface area contributed by atoms with E-state index in [2.05, 4.69) is 435 Å². The third-order valence-corrected chi connectivity index (χ3v) is 30.0. The quantitative estimate of drug-likeness (QED) is 0.0480. The van der Waals surface area contributed by atoms with Crippen LogP contribution in [0.4, 0.5) is 0 Å². The molecule has 6 unspecified atom stereocenters. The lowest BCUT2D eigenvalue weighted by molar-refractivity contribution is -0.0194. The molecule has 6 atom stereocenters. The Bertz CT molecular complexity index is 6430. The molecule has 22 rings (SSSR count). The Kier molecular flexibility index (Phi) is 38.2. The first-order valence-electron chi connectivity index (χ1n) is 53.6. The summed E-state index contributed by atoms with van der Waals surface area (Å²) in [6, 6.07) is 109. The van der Waals surface area contributed by atoms with Crippen molar-refractivity contribution in [1.82, 2.24) is 0 Å². The van der Waals surface area contributed by atoms with Crippen LogP contribution in [0.15, 0.2) is 303 Å². The Morgan fingerprint density at radius 3 is 0.755 bits per heavy atom. The fraction of sp³-hybridized carbons (Fsp3) is 0.378. The zero-order valence-corrected chi connectivity index (χ0v) is 89.1. The van der Waals surface area contributed by atoms with Gasteiger partial charge in [-0.15, -0.1) is 0 Å².